The Bertz CT molecular complexity index is 2310. The summed E-state index contributed by atoms with van der Waals surface area (Å²) in [7, 11) is 0. The van der Waals surface area contributed by atoms with Gasteiger partial charge in [-0.3, -0.25) is 0 Å². The van der Waals surface area contributed by atoms with E-state index in [0.717, 1.165) is 0 Å². The molecule has 0 amide bonds. The molecule has 7 aromatic rings. The molecule has 49 heavy (non-hydrogen) atoms. The van der Waals surface area contributed by atoms with Gasteiger partial charge in [0.1, 0.15) is 0 Å². The van der Waals surface area contributed by atoms with Gasteiger partial charge in [0.2, 0.25) is 0 Å². The van der Waals surface area contributed by atoms with Crippen molar-refractivity contribution in [2.75, 3.05) is 4.90 Å². The van der Waals surface area contributed by atoms with E-state index < -0.39 is 0 Å². The van der Waals surface area contributed by atoms with Gasteiger partial charge in [-0.1, -0.05) is 170 Å². The fraction of sp³-hybridized carbons (Fsp3) is 0.208. The highest BCUT2D eigenvalue weighted by molar-refractivity contribution is 6.09. The van der Waals surface area contributed by atoms with Crippen LogP contribution in [-0.4, -0.2) is 0 Å². The summed E-state index contributed by atoms with van der Waals surface area (Å²) < 4.78 is 0. The van der Waals surface area contributed by atoms with Crippen LogP contribution in [0.25, 0.3) is 43.8 Å². The summed E-state index contributed by atoms with van der Waals surface area (Å²) in [5.41, 5.74) is 15.9. The molecule has 0 heterocycles. The molecule has 1 nitrogen and oxygen atoms in total. The number of hydrogen-bond acceptors (Lipinski definition) is 1. The van der Waals surface area contributed by atoms with E-state index in [4.69, 9.17) is 0 Å². The molecule has 0 fully saturated rings. The maximum absolute atomic E-state index is 2.66. The molecule has 0 spiro atoms. The van der Waals surface area contributed by atoms with Crippen molar-refractivity contribution in [3.8, 4) is 22.3 Å². The Labute approximate surface area is 290 Å². The molecule has 2 aliphatic carbocycles. The molecule has 0 N–H and O–H groups in total. The molecule has 2 aliphatic rings. The highest BCUT2D eigenvalue weighted by Crippen LogP contribution is 2.66. The number of rotatable bonds is 3. The quantitative estimate of drug-likeness (QED) is 0.187. The molecule has 9 rings (SSSR count). The lowest BCUT2D eigenvalue weighted by Crippen LogP contribution is -2.28. The van der Waals surface area contributed by atoms with E-state index in [2.05, 4.69) is 187 Å². The standard InChI is InChI=1S/C48H43N/c1-46(2,3)42-40-34-24-12-14-26-36(34)47(4,5)43(40)45(44-41(42)35-25-13-15-27-37(35)48(44,6)7)49(38-28-16-20-30-18-8-10-22-32(30)38)39-29-17-21-31-19-9-11-23-33(31)39/h8-29H,1-7H3. The molecule has 240 valence electrons. The summed E-state index contributed by atoms with van der Waals surface area (Å²) in [6.07, 6.45) is 0. The van der Waals surface area contributed by atoms with Gasteiger partial charge in [0, 0.05) is 21.6 Å². The van der Waals surface area contributed by atoms with Crippen molar-refractivity contribution in [3.05, 3.63) is 161 Å². The Morgan fingerprint density at radius 3 is 1.29 bits per heavy atom. The minimum Gasteiger partial charge on any atom is -0.309 e. The van der Waals surface area contributed by atoms with Gasteiger partial charge in [-0.25, -0.2) is 0 Å². The number of anilines is 3. The lowest BCUT2D eigenvalue weighted by molar-refractivity contribution is 0.587. The molecular formula is C48H43N. The maximum atomic E-state index is 2.66. The molecule has 0 bridgehead atoms. The first-order valence-corrected chi connectivity index (χ1v) is 17.7. The van der Waals surface area contributed by atoms with Gasteiger partial charge in [0.05, 0.1) is 17.1 Å². The van der Waals surface area contributed by atoms with Crippen LogP contribution in [-0.2, 0) is 16.2 Å². The van der Waals surface area contributed by atoms with Crippen molar-refractivity contribution >= 4 is 38.6 Å². The van der Waals surface area contributed by atoms with E-state index in [1.807, 2.05) is 0 Å². The predicted molar refractivity (Wildman–Crippen MR) is 210 cm³/mol. The molecule has 7 aromatic carbocycles. The molecule has 1 heteroatoms. The third-order valence-corrected chi connectivity index (χ3v) is 11.5. The summed E-state index contributed by atoms with van der Waals surface area (Å²) in [5, 5.41) is 4.99. The van der Waals surface area contributed by atoms with Crippen LogP contribution in [0.5, 0.6) is 0 Å². The van der Waals surface area contributed by atoms with E-state index in [1.54, 1.807) is 0 Å². The van der Waals surface area contributed by atoms with Crippen molar-refractivity contribution in [1.82, 2.24) is 0 Å². The minimum atomic E-state index is -0.242. The Kier molecular flexibility index (Phi) is 6.23. The van der Waals surface area contributed by atoms with Crippen LogP contribution in [0.3, 0.4) is 0 Å². The maximum Gasteiger partial charge on any atom is 0.0556 e. The molecular weight excluding hydrogens is 591 g/mol. The summed E-state index contributed by atoms with van der Waals surface area (Å²) >= 11 is 0. The minimum absolute atomic E-state index is 0.0997. The summed E-state index contributed by atoms with van der Waals surface area (Å²) in [4.78, 5) is 2.66. The van der Waals surface area contributed by atoms with Gasteiger partial charge in [-0.05, 0) is 78.4 Å². The molecule has 0 radical (unpaired) electrons. The lowest BCUT2D eigenvalue weighted by atomic mass is 9.70. The van der Waals surface area contributed by atoms with Crippen LogP contribution in [0.15, 0.2) is 133 Å². The van der Waals surface area contributed by atoms with Crippen molar-refractivity contribution in [3.63, 3.8) is 0 Å². The second-order valence-electron chi connectivity index (χ2n) is 16.1. The Morgan fingerprint density at radius 2 is 0.837 bits per heavy atom. The lowest BCUT2D eigenvalue weighted by Gasteiger charge is -2.40. The molecule has 0 aromatic heterocycles. The van der Waals surface area contributed by atoms with Gasteiger partial charge in [0.15, 0.2) is 0 Å². The molecule has 0 saturated carbocycles. The van der Waals surface area contributed by atoms with Crippen LogP contribution in [0, 0.1) is 0 Å². The zero-order valence-corrected chi connectivity index (χ0v) is 29.6. The molecule has 0 atom stereocenters. The molecule has 0 aliphatic heterocycles. The van der Waals surface area contributed by atoms with Gasteiger partial charge in [-0.2, -0.15) is 0 Å². The topological polar surface area (TPSA) is 3.24 Å². The third kappa shape index (κ3) is 4.05. The fourth-order valence-corrected chi connectivity index (χ4v) is 9.40. The van der Waals surface area contributed by atoms with E-state index in [9.17, 15) is 0 Å². The van der Waals surface area contributed by atoms with Gasteiger partial charge in [-0.15, -0.1) is 0 Å². The van der Waals surface area contributed by atoms with Crippen LogP contribution < -0.4 is 4.90 Å². The average molecular weight is 634 g/mol. The van der Waals surface area contributed by atoms with Crippen LogP contribution in [0.4, 0.5) is 17.1 Å². The molecule has 0 saturated heterocycles. The summed E-state index contributed by atoms with van der Waals surface area (Å²) in [5.74, 6) is 0. The zero-order chi connectivity index (χ0) is 33.9. The van der Waals surface area contributed by atoms with Crippen LogP contribution >= 0.6 is 0 Å². The van der Waals surface area contributed by atoms with E-state index in [0.29, 0.717) is 0 Å². The summed E-state index contributed by atoms with van der Waals surface area (Å²) in [6.45, 7) is 17.1. The van der Waals surface area contributed by atoms with Crippen molar-refractivity contribution in [2.45, 2.75) is 64.7 Å². The first-order chi connectivity index (χ1) is 23.5. The van der Waals surface area contributed by atoms with Crippen LogP contribution in [0.2, 0.25) is 0 Å². The first-order valence-electron chi connectivity index (χ1n) is 17.7. The second-order valence-corrected chi connectivity index (χ2v) is 16.1. The second kappa shape index (κ2) is 10.2. The average Bonchev–Trinajstić information content (AvgIpc) is 3.48. The highest BCUT2D eigenvalue weighted by atomic mass is 15.2. The number of fused-ring (bicyclic) bond motifs is 8. The Balaban J connectivity index is 1.57. The monoisotopic (exact) mass is 633 g/mol. The normalized spacial score (nSPS) is 15.2. The SMILES string of the molecule is CC(C)(C)c1c2c(c(N(c3cccc4ccccc34)c3cccc4ccccc34)c3c1-c1ccccc1C3(C)C)C(C)(C)c1ccccc1-2. The summed E-state index contributed by atoms with van der Waals surface area (Å²) in [6, 6.07) is 49.8. The van der Waals surface area contributed by atoms with Crippen molar-refractivity contribution < 1.29 is 0 Å². The van der Waals surface area contributed by atoms with E-state index in [-0.39, 0.29) is 16.2 Å². The largest absolute Gasteiger partial charge is 0.309 e. The third-order valence-electron chi connectivity index (χ3n) is 11.5. The van der Waals surface area contributed by atoms with Gasteiger partial charge >= 0.3 is 0 Å². The zero-order valence-electron chi connectivity index (χ0n) is 29.6. The Morgan fingerprint density at radius 1 is 0.449 bits per heavy atom. The highest BCUT2D eigenvalue weighted by Gasteiger charge is 2.50. The molecule has 0 unspecified atom stereocenters. The number of benzene rings is 7. The first kappa shape index (κ1) is 30.0. The Hall–Kier alpha value is -5.14. The van der Waals surface area contributed by atoms with Crippen molar-refractivity contribution in [2.24, 2.45) is 0 Å². The number of nitrogens with zero attached hydrogens (tertiary/aromatic N) is 1. The van der Waals surface area contributed by atoms with Crippen LogP contribution in [0.1, 0.15) is 76.3 Å². The van der Waals surface area contributed by atoms with Gasteiger partial charge in [0.25, 0.3) is 0 Å². The van der Waals surface area contributed by atoms with Crippen molar-refractivity contribution in [1.29, 1.82) is 0 Å². The predicted octanol–water partition coefficient (Wildman–Crippen LogP) is 13.4. The number of hydrogen-bond donors (Lipinski definition) is 0. The van der Waals surface area contributed by atoms with E-state index >= 15 is 0 Å². The van der Waals surface area contributed by atoms with E-state index in [1.165, 1.54) is 88.7 Å². The van der Waals surface area contributed by atoms with Gasteiger partial charge < -0.3 is 4.90 Å². The fourth-order valence-electron chi connectivity index (χ4n) is 9.40. The smallest absolute Gasteiger partial charge is 0.0556 e.